The summed E-state index contributed by atoms with van der Waals surface area (Å²) in [6, 6.07) is 0.380. The van der Waals surface area contributed by atoms with Crippen molar-refractivity contribution in [2.24, 2.45) is 11.8 Å². The number of hydrogen-bond donors (Lipinski definition) is 1. The van der Waals surface area contributed by atoms with Gasteiger partial charge < -0.3 is 10.1 Å². The molecule has 0 unspecified atom stereocenters. The van der Waals surface area contributed by atoms with Crippen LogP contribution in [0.15, 0.2) is 12.1 Å². The van der Waals surface area contributed by atoms with Gasteiger partial charge in [0.15, 0.2) is 0 Å². The van der Waals surface area contributed by atoms with Crippen LogP contribution in [0.2, 0.25) is 5.02 Å². The summed E-state index contributed by atoms with van der Waals surface area (Å²) >= 11 is 5.66. The third kappa shape index (κ3) is 3.83. The van der Waals surface area contributed by atoms with E-state index in [-0.39, 0.29) is 16.6 Å². The van der Waals surface area contributed by atoms with Crippen LogP contribution < -0.4 is 5.32 Å². The van der Waals surface area contributed by atoms with Crippen LogP contribution in [0.5, 0.6) is 0 Å². The monoisotopic (exact) mass is 414 g/mol. The van der Waals surface area contributed by atoms with E-state index < -0.39 is 47.1 Å². The number of anilines is 1. The van der Waals surface area contributed by atoms with Gasteiger partial charge in [-0.15, -0.1) is 0 Å². The zero-order chi connectivity index (χ0) is 20.8. The summed E-state index contributed by atoms with van der Waals surface area (Å²) in [6.07, 6.45) is 0.998. The molecule has 2 fully saturated rings. The molecule has 1 saturated carbocycles. The molecule has 1 N–H and O–H groups in total. The highest BCUT2D eigenvalue weighted by molar-refractivity contribution is 6.31. The molecule has 9 heteroatoms. The van der Waals surface area contributed by atoms with Crippen molar-refractivity contribution >= 4 is 35.2 Å². The quantitative estimate of drug-likeness (QED) is 0.738. The van der Waals surface area contributed by atoms with Crippen LogP contribution in [0.25, 0.3) is 0 Å². The van der Waals surface area contributed by atoms with Gasteiger partial charge in [0.05, 0.1) is 10.7 Å². The molecule has 3 rings (SSSR count). The second-order valence-corrected chi connectivity index (χ2v) is 8.48. The fourth-order valence-corrected chi connectivity index (χ4v) is 4.00. The van der Waals surface area contributed by atoms with Crippen molar-refractivity contribution in [3.8, 4) is 0 Å². The molecule has 1 aromatic rings. The maximum absolute atomic E-state index is 14.0. The minimum absolute atomic E-state index is 0.325. The lowest BCUT2D eigenvalue weighted by Gasteiger charge is -2.28. The van der Waals surface area contributed by atoms with E-state index in [2.05, 4.69) is 5.32 Å². The van der Waals surface area contributed by atoms with E-state index in [1.165, 1.54) is 0 Å². The van der Waals surface area contributed by atoms with Crippen LogP contribution in [0.3, 0.4) is 0 Å². The van der Waals surface area contributed by atoms with Crippen molar-refractivity contribution in [3.63, 3.8) is 0 Å². The Morgan fingerprint density at radius 1 is 1.21 bits per heavy atom. The van der Waals surface area contributed by atoms with Crippen molar-refractivity contribution in [2.45, 2.75) is 51.7 Å². The molecular formula is C19H21ClF2N2O4. The SMILES string of the molecule is CC(C)(C)OC(=O)N1C(=O)[C@@H]2CCC[C@@H]2[C@H]1C(=O)Nc1cc(Cl)c(F)cc1F. The number of fused-ring (bicyclic) bond motifs is 1. The number of rotatable bonds is 2. The number of benzene rings is 1. The number of carbonyl (C=O) groups excluding carboxylic acids is 3. The van der Waals surface area contributed by atoms with Gasteiger partial charge in [-0.3, -0.25) is 9.59 Å². The lowest BCUT2D eigenvalue weighted by Crippen LogP contribution is -2.49. The fourth-order valence-electron chi connectivity index (χ4n) is 3.83. The smallest absolute Gasteiger partial charge is 0.417 e. The van der Waals surface area contributed by atoms with Crippen molar-refractivity contribution < 1.29 is 27.9 Å². The van der Waals surface area contributed by atoms with Gasteiger partial charge >= 0.3 is 6.09 Å². The number of imide groups is 1. The van der Waals surface area contributed by atoms with Crippen LogP contribution in [-0.2, 0) is 14.3 Å². The second-order valence-electron chi connectivity index (χ2n) is 8.07. The highest BCUT2D eigenvalue weighted by Crippen LogP contribution is 2.44. The van der Waals surface area contributed by atoms with Crippen LogP contribution in [0, 0.1) is 23.5 Å². The number of likely N-dealkylation sites (tertiary alicyclic amines) is 1. The average molecular weight is 415 g/mol. The van der Waals surface area contributed by atoms with Gasteiger partial charge in [0.1, 0.15) is 23.3 Å². The van der Waals surface area contributed by atoms with E-state index in [4.69, 9.17) is 16.3 Å². The molecule has 6 nitrogen and oxygen atoms in total. The molecule has 28 heavy (non-hydrogen) atoms. The Hall–Kier alpha value is -2.22. The Bertz CT molecular complexity index is 840. The standard InChI is InChI=1S/C19H21ClF2N2O4/c1-19(2,3)28-18(27)24-15(9-5-4-6-10(9)17(24)26)16(25)23-14-7-11(20)12(21)8-13(14)22/h7-10,15H,4-6H2,1-3H3,(H,23,25)/t9-,10+,15-/m0/s1. The predicted molar refractivity (Wildman–Crippen MR) is 97.7 cm³/mol. The highest BCUT2D eigenvalue weighted by Gasteiger charge is 2.56. The summed E-state index contributed by atoms with van der Waals surface area (Å²) in [6.45, 7) is 4.95. The summed E-state index contributed by atoms with van der Waals surface area (Å²) in [5.74, 6) is -4.00. The molecule has 1 aromatic carbocycles. The Morgan fingerprint density at radius 3 is 2.54 bits per heavy atom. The van der Waals surface area contributed by atoms with Gasteiger partial charge in [-0.25, -0.2) is 18.5 Å². The van der Waals surface area contributed by atoms with Gasteiger partial charge in [0.2, 0.25) is 11.8 Å². The van der Waals surface area contributed by atoms with Crippen LogP contribution in [-0.4, -0.2) is 34.5 Å². The van der Waals surface area contributed by atoms with E-state index in [1.807, 2.05) is 0 Å². The van der Waals surface area contributed by atoms with Crippen molar-refractivity contribution in [3.05, 3.63) is 28.8 Å². The molecule has 0 bridgehead atoms. The second kappa shape index (κ2) is 7.31. The van der Waals surface area contributed by atoms with Gasteiger partial charge in [0.25, 0.3) is 0 Å². The number of nitrogens with zero attached hydrogens (tertiary/aromatic N) is 1. The minimum Gasteiger partial charge on any atom is -0.443 e. The minimum atomic E-state index is -1.13. The first kappa shape index (κ1) is 20.5. The molecule has 1 aliphatic heterocycles. The third-order valence-electron chi connectivity index (χ3n) is 4.93. The van der Waals surface area contributed by atoms with Crippen LogP contribution in [0.4, 0.5) is 19.3 Å². The van der Waals surface area contributed by atoms with E-state index in [1.54, 1.807) is 20.8 Å². The zero-order valence-electron chi connectivity index (χ0n) is 15.7. The molecule has 2 aliphatic rings. The average Bonchev–Trinajstić information content (AvgIpc) is 3.13. The van der Waals surface area contributed by atoms with Crippen LogP contribution in [0.1, 0.15) is 40.0 Å². The number of ether oxygens (including phenoxy) is 1. The first-order valence-electron chi connectivity index (χ1n) is 9.01. The zero-order valence-corrected chi connectivity index (χ0v) is 16.5. The molecular weight excluding hydrogens is 394 g/mol. The lowest BCUT2D eigenvalue weighted by molar-refractivity contribution is -0.134. The lowest BCUT2D eigenvalue weighted by atomic mass is 9.93. The third-order valence-corrected chi connectivity index (χ3v) is 5.22. The number of halogens is 3. The van der Waals surface area contributed by atoms with E-state index >= 15 is 0 Å². The molecule has 3 amide bonds. The molecule has 0 radical (unpaired) electrons. The Morgan fingerprint density at radius 2 is 1.89 bits per heavy atom. The van der Waals surface area contributed by atoms with Gasteiger partial charge in [-0.2, -0.15) is 0 Å². The molecule has 1 heterocycles. The van der Waals surface area contributed by atoms with Crippen molar-refractivity contribution in [1.29, 1.82) is 0 Å². The van der Waals surface area contributed by atoms with Crippen molar-refractivity contribution in [2.75, 3.05) is 5.32 Å². The number of carbonyl (C=O) groups is 3. The Labute approximate surface area is 166 Å². The number of hydrogen-bond acceptors (Lipinski definition) is 4. The van der Waals surface area contributed by atoms with E-state index in [0.29, 0.717) is 18.9 Å². The first-order valence-corrected chi connectivity index (χ1v) is 9.39. The van der Waals surface area contributed by atoms with E-state index in [0.717, 1.165) is 17.4 Å². The largest absolute Gasteiger partial charge is 0.443 e. The van der Waals surface area contributed by atoms with Gasteiger partial charge in [-0.1, -0.05) is 18.0 Å². The fraction of sp³-hybridized carbons (Fsp3) is 0.526. The Balaban J connectivity index is 1.89. The van der Waals surface area contributed by atoms with Gasteiger partial charge in [-0.05, 0) is 39.7 Å². The summed E-state index contributed by atoms with van der Waals surface area (Å²) < 4.78 is 32.7. The maximum Gasteiger partial charge on any atom is 0.417 e. The normalized spacial score (nSPS) is 24.3. The first-order chi connectivity index (χ1) is 13.0. The summed E-state index contributed by atoms with van der Waals surface area (Å²) in [5.41, 5.74) is -1.18. The molecule has 152 valence electrons. The Kier molecular flexibility index (Phi) is 5.36. The number of amides is 3. The predicted octanol–water partition coefficient (Wildman–Crippen LogP) is 4.12. The highest BCUT2D eigenvalue weighted by atomic mass is 35.5. The summed E-state index contributed by atoms with van der Waals surface area (Å²) in [4.78, 5) is 39.1. The van der Waals surface area contributed by atoms with E-state index in [9.17, 15) is 23.2 Å². The molecule has 0 spiro atoms. The summed E-state index contributed by atoms with van der Waals surface area (Å²) in [7, 11) is 0. The molecule has 1 aliphatic carbocycles. The topological polar surface area (TPSA) is 75.7 Å². The summed E-state index contributed by atoms with van der Waals surface area (Å²) in [5, 5.41) is 1.98. The van der Waals surface area contributed by atoms with Gasteiger partial charge in [0, 0.05) is 17.9 Å². The molecule has 0 aromatic heterocycles. The maximum atomic E-state index is 14.0. The molecule has 1 saturated heterocycles. The molecule has 3 atom stereocenters. The van der Waals surface area contributed by atoms with Crippen LogP contribution >= 0.6 is 11.6 Å². The van der Waals surface area contributed by atoms with Crippen molar-refractivity contribution in [1.82, 2.24) is 4.90 Å². The number of nitrogens with one attached hydrogen (secondary N) is 1.